The Morgan fingerprint density at radius 2 is 1.39 bits per heavy atom. The van der Waals surface area contributed by atoms with Crippen molar-refractivity contribution >= 4 is 46.9 Å². The van der Waals surface area contributed by atoms with Crippen LogP contribution in [0, 0.1) is 0 Å². The molecule has 0 fully saturated rings. The van der Waals surface area contributed by atoms with E-state index in [0.717, 1.165) is 16.1 Å². The number of carbonyl (C=O) groups is 3. The number of para-hydroxylation sites is 1. The topological polar surface area (TPSA) is 96.5 Å². The van der Waals surface area contributed by atoms with Gasteiger partial charge in [-0.05, 0) is 78.6 Å². The monoisotopic (exact) mass is 669 g/mol. The van der Waals surface area contributed by atoms with Crippen LogP contribution in [0.3, 0.4) is 0 Å². The normalized spacial score (nSPS) is 11.8. The van der Waals surface area contributed by atoms with E-state index >= 15 is 0 Å². The van der Waals surface area contributed by atoms with Crippen LogP contribution < -0.4 is 20.7 Å². The van der Waals surface area contributed by atoms with Crippen LogP contribution in [0.1, 0.15) is 59.0 Å². The van der Waals surface area contributed by atoms with Crippen LogP contribution in [0.25, 0.3) is 6.08 Å². The molecule has 3 N–H and O–H groups in total. The second-order valence-corrected chi connectivity index (χ2v) is 12.7. The Balaban J connectivity index is 1.38. The molecule has 1 unspecified atom stereocenters. The molecule has 1 atom stereocenters. The summed E-state index contributed by atoms with van der Waals surface area (Å²) in [5.74, 6) is -0.119. The van der Waals surface area contributed by atoms with E-state index in [2.05, 4.69) is 29.8 Å². The fraction of sp³-hybridized carbons (Fsp3) is 0.146. The molecule has 0 saturated heterocycles. The van der Waals surface area contributed by atoms with Crippen LogP contribution in [-0.2, 0) is 9.59 Å². The number of thioether (sulfide) groups is 1. The third-order valence-electron chi connectivity index (χ3n) is 7.58. The first-order valence-electron chi connectivity index (χ1n) is 16.1. The number of rotatable bonds is 13. The first-order chi connectivity index (χ1) is 23.8. The highest BCUT2D eigenvalue weighted by Crippen LogP contribution is 2.37. The zero-order valence-corrected chi connectivity index (χ0v) is 28.5. The maximum Gasteiger partial charge on any atom is 0.272 e. The molecule has 0 saturated carbocycles. The van der Waals surface area contributed by atoms with Gasteiger partial charge in [-0.3, -0.25) is 14.4 Å². The molecule has 0 aliphatic heterocycles. The van der Waals surface area contributed by atoms with Crippen molar-refractivity contribution in [1.29, 1.82) is 0 Å². The second-order valence-electron chi connectivity index (χ2n) is 11.5. The van der Waals surface area contributed by atoms with Crippen molar-refractivity contribution in [3.05, 3.63) is 161 Å². The van der Waals surface area contributed by atoms with Gasteiger partial charge in [0.15, 0.2) is 0 Å². The highest BCUT2D eigenvalue weighted by molar-refractivity contribution is 8.00. The predicted octanol–water partition coefficient (Wildman–Crippen LogP) is 9.09. The van der Waals surface area contributed by atoms with E-state index < -0.39 is 17.1 Å². The van der Waals surface area contributed by atoms with Gasteiger partial charge in [-0.25, -0.2) is 0 Å². The van der Waals surface area contributed by atoms with Gasteiger partial charge >= 0.3 is 0 Å². The van der Waals surface area contributed by atoms with Crippen molar-refractivity contribution in [1.82, 2.24) is 5.32 Å². The van der Waals surface area contributed by atoms with Crippen molar-refractivity contribution in [3.8, 4) is 5.75 Å². The first kappa shape index (κ1) is 34.7. The summed E-state index contributed by atoms with van der Waals surface area (Å²) < 4.78 is 5.76. The Kier molecular flexibility index (Phi) is 12.0. The lowest BCUT2D eigenvalue weighted by atomic mass is 10.0. The van der Waals surface area contributed by atoms with Crippen molar-refractivity contribution in [3.63, 3.8) is 0 Å². The van der Waals surface area contributed by atoms with E-state index in [-0.39, 0.29) is 11.6 Å². The largest absolute Gasteiger partial charge is 0.493 e. The van der Waals surface area contributed by atoms with Gasteiger partial charge in [-0.2, -0.15) is 0 Å². The van der Waals surface area contributed by atoms with Crippen LogP contribution in [-0.4, -0.2) is 24.3 Å². The SMILES string of the molecule is CCOc1ccccc1/C=C(/NC(=O)c1ccccc1)C(=O)Nc1cccc(SC(C(=O)Nc2ccc(C(C)C)cc2)c2ccccc2)c1. The van der Waals surface area contributed by atoms with Gasteiger partial charge < -0.3 is 20.7 Å². The fourth-order valence-corrected chi connectivity index (χ4v) is 6.11. The molecule has 0 aromatic heterocycles. The Hall–Kier alpha value is -5.60. The lowest BCUT2D eigenvalue weighted by Crippen LogP contribution is -2.30. The second kappa shape index (κ2) is 17.0. The van der Waals surface area contributed by atoms with E-state index in [1.54, 1.807) is 36.4 Å². The van der Waals surface area contributed by atoms with Crippen LogP contribution in [0.2, 0.25) is 0 Å². The average molecular weight is 670 g/mol. The third-order valence-corrected chi connectivity index (χ3v) is 8.83. The molecule has 0 aliphatic carbocycles. The molecule has 0 spiro atoms. The third kappa shape index (κ3) is 9.72. The van der Waals surface area contributed by atoms with Gasteiger partial charge in [0.2, 0.25) is 5.91 Å². The lowest BCUT2D eigenvalue weighted by Gasteiger charge is -2.18. The minimum absolute atomic E-state index is 0.0455. The Labute approximate surface area is 291 Å². The molecule has 49 heavy (non-hydrogen) atoms. The highest BCUT2D eigenvalue weighted by Gasteiger charge is 2.23. The van der Waals surface area contributed by atoms with Crippen molar-refractivity contribution < 1.29 is 19.1 Å². The number of nitrogens with one attached hydrogen (secondary N) is 3. The summed E-state index contributed by atoms with van der Waals surface area (Å²) in [4.78, 5) is 41.4. The molecular formula is C41H39N3O4S. The molecule has 7 nitrogen and oxygen atoms in total. The van der Waals surface area contributed by atoms with Crippen molar-refractivity contribution in [2.75, 3.05) is 17.2 Å². The number of hydrogen-bond donors (Lipinski definition) is 3. The van der Waals surface area contributed by atoms with E-state index in [4.69, 9.17) is 4.74 Å². The number of amides is 3. The van der Waals surface area contributed by atoms with Gasteiger partial charge in [0.25, 0.3) is 11.8 Å². The number of benzene rings is 5. The van der Waals surface area contributed by atoms with Crippen LogP contribution in [0.5, 0.6) is 5.75 Å². The molecule has 3 amide bonds. The summed E-state index contributed by atoms with van der Waals surface area (Å²) >= 11 is 1.38. The van der Waals surface area contributed by atoms with Crippen molar-refractivity contribution in [2.45, 2.75) is 36.8 Å². The minimum atomic E-state index is -0.562. The Bertz CT molecular complexity index is 1910. The molecular weight excluding hydrogens is 631 g/mol. The zero-order valence-electron chi connectivity index (χ0n) is 27.7. The Morgan fingerprint density at radius 1 is 0.714 bits per heavy atom. The molecule has 0 heterocycles. The minimum Gasteiger partial charge on any atom is -0.493 e. The fourth-order valence-electron chi connectivity index (χ4n) is 5.03. The van der Waals surface area contributed by atoms with E-state index in [9.17, 15) is 14.4 Å². The highest BCUT2D eigenvalue weighted by atomic mass is 32.2. The van der Waals surface area contributed by atoms with Gasteiger partial charge in [0, 0.05) is 27.4 Å². The molecule has 5 rings (SSSR count). The summed E-state index contributed by atoms with van der Waals surface area (Å²) in [5.41, 5.74) is 4.37. The van der Waals surface area contributed by atoms with E-state index in [0.29, 0.717) is 35.1 Å². The number of hydrogen-bond acceptors (Lipinski definition) is 5. The molecule has 5 aromatic carbocycles. The molecule has 0 radical (unpaired) electrons. The maximum atomic E-state index is 13.8. The Morgan fingerprint density at radius 3 is 2.08 bits per heavy atom. The standard InChI is InChI=1S/C41H39N3O4S/c1-4-48-37-21-12-11-18-32(37)26-36(44-39(45)31-16-9-6-10-17-31)40(46)43-34-19-13-20-35(27-34)49-38(30-14-7-5-8-15-30)41(47)42-33-24-22-29(23-25-33)28(2)3/h5-28,38H,4H2,1-3H3,(H,42,47)(H,43,46)(H,44,45)/b36-26+. The van der Waals surface area contributed by atoms with Crippen LogP contribution in [0.15, 0.2) is 144 Å². The summed E-state index contributed by atoms with van der Waals surface area (Å²) in [6, 6.07) is 40.8. The number of anilines is 2. The molecule has 248 valence electrons. The maximum absolute atomic E-state index is 13.8. The summed E-state index contributed by atoms with van der Waals surface area (Å²) in [6.07, 6.45) is 1.60. The lowest BCUT2D eigenvalue weighted by molar-refractivity contribution is -0.116. The quantitative estimate of drug-likeness (QED) is 0.0859. The molecule has 5 aromatic rings. The van der Waals surface area contributed by atoms with Crippen LogP contribution >= 0.6 is 11.8 Å². The van der Waals surface area contributed by atoms with Gasteiger partial charge in [0.05, 0.1) is 6.61 Å². The summed E-state index contributed by atoms with van der Waals surface area (Å²) in [6.45, 7) is 6.59. The molecule has 0 aliphatic rings. The van der Waals surface area contributed by atoms with Crippen molar-refractivity contribution in [2.24, 2.45) is 0 Å². The van der Waals surface area contributed by atoms with Gasteiger partial charge in [0.1, 0.15) is 16.7 Å². The zero-order chi connectivity index (χ0) is 34.6. The van der Waals surface area contributed by atoms with Gasteiger partial charge in [-0.1, -0.05) is 98.8 Å². The van der Waals surface area contributed by atoms with E-state index in [1.165, 1.54) is 17.3 Å². The average Bonchev–Trinajstić information content (AvgIpc) is 3.12. The number of ether oxygens (including phenoxy) is 1. The van der Waals surface area contributed by atoms with Gasteiger partial charge in [-0.15, -0.1) is 11.8 Å². The number of carbonyl (C=O) groups excluding carboxylic acids is 3. The van der Waals surface area contributed by atoms with E-state index in [1.807, 2.05) is 110 Å². The van der Waals surface area contributed by atoms with Crippen LogP contribution in [0.4, 0.5) is 11.4 Å². The summed E-state index contributed by atoms with van der Waals surface area (Å²) in [7, 11) is 0. The molecule has 8 heteroatoms. The smallest absolute Gasteiger partial charge is 0.272 e. The molecule has 0 bridgehead atoms. The predicted molar refractivity (Wildman–Crippen MR) is 199 cm³/mol. The summed E-state index contributed by atoms with van der Waals surface area (Å²) in [5, 5.41) is 8.22. The first-order valence-corrected chi connectivity index (χ1v) is 17.0.